The molecule has 1 saturated carbocycles. The van der Waals surface area contributed by atoms with Gasteiger partial charge < -0.3 is 15.6 Å². The second kappa shape index (κ2) is 4.53. The van der Waals surface area contributed by atoms with Gasteiger partial charge in [-0.25, -0.2) is 0 Å². The smallest absolute Gasteiger partial charge is 0.161 e. The lowest BCUT2D eigenvalue weighted by Gasteiger charge is -2.14. The van der Waals surface area contributed by atoms with Crippen LogP contribution in [-0.2, 0) is 0 Å². The van der Waals surface area contributed by atoms with Gasteiger partial charge in [-0.3, -0.25) is 0 Å². The lowest BCUT2D eigenvalue weighted by atomic mass is 10.1. The maximum absolute atomic E-state index is 9.54. The minimum atomic E-state index is 0.215. The molecule has 0 aromatic heterocycles. The Morgan fingerprint density at radius 2 is 2.13 bits per heavy atom. The zero-order chi connectivity index (χ0) is 10.7. The van der Waals surface area contributed by atoms with Crippen LogP contribution in [0.1, 0.15) is 19.3 Å². The summed E-state index contributed by atoms with van der Waals surface area (Å²) >= 11 is 0. The molecule has 1 aliphatic carbocycles. The number of rotatable bonds is 3. The fourth-order valence-electron chi connectivity index (χ4n) is 2.09. The molecule has 0 spiro atoms. The van der Waals surface area contributed by atoms with Crippen molar-refractivity contribution in [3.8, 4) is 11.5 Å². The molecule has 0 heterocycles. The van der Waals surface area contributed by atoms with Crippen LogP contribution in [0.3, 0.4) is 0 Å². The Morgan fingerprint density at radius 3 is 2.80 bits per heavy atom. The summed E-state index contributed by atoms with van der Waals surface area (Å²) in [6, 6.07) is 7.10. The average Bonchev–Trinajstić information content (AvgIpc) is 2.69. The Hall–Kier alpha value is -1.22. The highest BCUT2D eigenvalue weighted by Crippen LogP contribution is 2.32. The minimum absolute atomic E-state index is 0.215. The summed E-state index contributed by atoms with van der Waals surface area (Å²) in [4.78, 5) is 0. The van der Waals surface area contributed by atoms with E-state index < -0.39 is 0 Å². The highest BCUT2D eigenvalue weighted by atomic mass is 16.5. The van der Waals surface area contributed by atoms with E-state index in [0.29, 0.717) is 11.7 Å². The second-order valence-electron chi connectivity index (χ2n) is 4.12. The number of aromatic hydroxyl groups is 1. The molecule has 3 heteroatoms. The predicted octanol–water partition coefficient (Wildman–Crippen LogP) is 1.90. The van der Waals surface area contributed by atoms with Gasteiger partial charge >= 0.3 is 0 Å². The van der Waals surface area contributed by atoms with Gasteiger partial charge in [0.1, 0.15) is 0 Å². The summed E-state index contributed by atoms with van der Waals surface area (Å²) in [5.74, 6) is 1.38. The van der Waals surface area contributed by atoms with Crippen LogP contribution in [0, 0.1) is 5.92 Å². The summed E-state index contributed by atoms with van der Waals surface area (Å²) in [5.41, 5.74) is 5.61. The van der Waals surface area contributed by atoms with Crippen molar-refractivity contribution in [3.05, 3.63) is 24.3 Å². The molecule has 0 amide bonds. The van der Waals surface area contributed by atoms with E-state index in [-0.39, 0.29) is 11.9 Å². The molecule has 0 bridgehead atoms. The van der Waals surface area contributed by atoms with E-state index in [0.717, 1.165) is 25.8 Å². The van der Waals surface area contributed by atoms with Gasteiger partial charge in [-0.2, -0.15) is 0 Å². The van der Waals surface area contributed by atoms with Crippen molar-refractivity contribution in [2.45, 2.75) is 25.4 Å². The van der Waals surface area contributed by atoms with Gasteiger partial charge in [0.15, 0.2) is 11.5 Å². The van der Waals surface area contributed by atoms with Crippen molar-refractivity contribution >= 4 is 0 Å². The van der Waals surface area contributed by atoms with E-state index in [1.54, 1.807) is 18.2 Å². The van der Waals surface area contributed by atoms with Gasteiger partial charge in [0.25, 0.3) is 0 Å². The van der Waals surface area contributed by atoms with Crippen molar-refractivity contribution in [1.82, 2.24) is 0 Å². The Labute approximate surface area is 89.9 Å². The second-order valence-corrected chi connectivity index (χ2v) is 4.12. The fourth-order valence-corrected chi connectivity index (χ4v) is 2.09. The fraction of sp³-hybridized carbons (Fsp3) is 0.500. The zero-order valence-corrected chi connectivity index (χ0v) is 8.73. The molecule has 82 valence electrons. The molecule has 1 aromatic carbocycles. The number of nitrogens with two attached hydrogens (primary N) is 1. The summed E-state index contributed by atoms with van der Waals surface area (Å²) in [6.07, 6.45) is 3.39. The predicted molar refractivity (Wildman–Crippen MR) is 58.9 cm³/mol. The summed E-state index contributed by atoms with van der Waals surface area (Å²) in [7, 11) is 0. The van der Waals surface area contributed by atoms with Gasteiger partial charge in [0.05, 0.1) is 6.10 Å². The van der Waals surface area contributed by atoms with E-state index in [2.05, 4.69) is 0 Å². The van der Waals surface area contributed by atoms with Crippen LogP contribution in [0.4, 0.5) is 0 Å². The Kier molecular flexibility index (Phi) is 3.11. The molecule has 2 rings (SSSR count). The van der Waals surface area contributed by atoms with Crippen LogP contribution < -0.4 is 10.5 Å². The molecule has 0 aliphatic heterocycles. The van der Waals surface area contributed by atoms with Crippen molar-refractivity contribution in [2.75, 3.05) is 6.54 Å². The number of phenolic OH excluding ortho intramolecular Hbond substituents is 1. The number of hydrogen-bond donors (Lipinski definition) is 2. The molecule has 3 nitrogen and oxygen atoms in total. The average molecular weight is 207 g/mol. The van der Waals surface area contributed by atoms with Gasteiger partial charge in [-0.05, 0) is 43.9 Å². The first-order chi connectivity index (χ1) is 7.29. The first kappa shape index (κ1) is 10.3. The quantitative estimate of drug-likeness (QED) is 0.796. The van der Waals surface area contributed by atoms with Crippen molar-refractivity contribution in [2.24, 2.45) is 11.7 Å². The van der Waals surface area contributed by atoms with Gasteiger partial charge in [0.2, 0.25) is 0 Å². The largest absolute Gasteiger partial charge is 0.504 e. The number of ether oxygens (including phenoxy) is 1. The summed E-state index contributed by atoms with van der Waals surface area (Å²) in [5, 5.41) is 9.54. The Bertz CT molecular complexity index is 327. The van der Waals surface area contributed by atoms with Crippen LogP contribution in [0.2, 0.25) is 0 Å². The summed E-state index contributed by atoms with van der Waals surface area (Å²) < 4.78 is 5.73. The lowest BCUT2D eigenvalue weighted by Crippen LogP contribution is -2.15. The topological polar surface area (TPSA) is 55.5 Å². The highest BCUT2D eigenvalue weighted by molar-refractivity contribution is 5.38. The van der Waals surface area contributed by atoms with E-state index in [9.17, 15) is 5.11 Å². The normalized spacial score (nSPS) is 25.4. The molecule has 0 radical (unpaired) electrons. The lowest BCUT2D eigenvalue weighted by molar-refractivity contribution is 0.197. The summed E-state index contributed by atoms with van der Waals surface area (Å²) in [6.45, 7) is 0.737. The van der Waals surface area contributed by atoms with Crippen molar-refractivity contribution in [1.29, 1.82) is 0 Å². The van der Waals surface area contributed by atoms with Crippen LogP contribution >= 0.6 is 0 Å². The first-order valence-electron chi connectivity index (χ1n) is 5.44. The first-order valence-corrected chi connectivity index (χ1v) is 5.44. The number of phenols is 1. The van der Waals surface area contributed by atoms with Crippen molar-refractivity contribution < 1.29 is 9.84 Å². The molecule has 0 saturated heterocycles. The van der Waals surface area contributed by atoms with Gasteiger partial charge in [-0.15, -0.1) is 0 Å². The van der Waals surface area contributed by atoms with Crippen LogP contribution in [-0.4, -0.2) is 17.8 Å². The number of para-hydroxylation sites is 2. The molecule has 2 unspecified atom stereocenters. The molecule has 2 atom stereocenters. The van der Waals surface area contributed by atoms with E-state index >= 15 is 0 Å². The zero-order valence-electron chi connectivity index (χ0n) is 8.73. The Morgan fingerprint density at radius 1 is 1.33 bits per heavy atom. The molecule has 3 N–H and O–H groups in total. The number of benzene rings is 1. The van der Waals surface area contributed by atoms with Crippen LogP contribution in [0.15, 0.2) is 24.3 Å². The third-order valence-electron chi connectivity index (χ3n) is 2.99. The molecule has 1 aliphatic rings. The maximum Gasteiger partial charge on any atom is 0.161 e. The SMILES string of the molecule is NCC1CCC(Oc2ccccc2O)C1. The Balaban J connectivity index is 1.96. The van der Waals surface area contributed by atoms with Crippen LogP contribution in [0.5, 0.6) is 11.5 Å². The minimum Gasteiger partial charge on any atom is -0.504 e. The van der Waals surface area contributed by atoms with Gasteiger partial charge in [-0.1, -0.05) is 12.1 Å². The number of hydrogen-bond acceptors (Lipinski definition) is 3. The molecular formula is C12H17NO2. The van der Waals surface area contributed by atoms with Crippen molar-refractivity contribution in [3.63, 3.8) is 0 Å². The molecule has 15 heavy (non-hydrogen) atoms. The van der Waals surface area contributed by atoms with Gasteiger partial charge in [0, 0.05) is 0 Å². The van der Waals surface area contributed by atoms with Crippen LogP contribution in [0.25, 0.3) is 0 Å². The van der Waals surface area contributed by atoms with E-state index in [1.165, 1.54) is 0 Å². The molecule has 1 fully saturated rings. The molecular weight excluding hydrogens is 190 g/mol. The maximum atomic E-state index is 9.54. The third kappa shape index (κ3) is 2.42. The molecule has 1 aromatic rings. The van der Waals surface area contributed by atoms with E-state index in [4.69, 9.17) is 10.5 Å². The third-order valence-corrected chi connectivity index (χ3v) is 2.99. The monoisotopic (exact) mass is 207 g/mol. The standard InChI is InChI=1S/C12H17NO2/c13-8-9-5-6-10(7-9)15-12-4-2-1-3-11(12)14/h1-4,9-10,14H,5-8,13H2. The highest BCUT2D eigenvalue weighted by Gasteiger charge is 2.25. The van der Waals surface area contributed by atoms with E-state index in [1.807, 2.05) is 6.07 Å².